The maximum Gasteiger partial charge on any atom is 0.317 e. The molecule has 0 bridgehead atoms. The van der Waals surface area contributed by atoms with Crippen molar-refractivity contribution in [3.05, 3.63) is 36.2 Å². The predicted molar refractivity (Wildman–Crippen MR) is 63.2 cm³/mol. The monoisotopic (exact) mass is 247 g/mol. The van der Waals surface area contributed by atoms with Gasteiger partial charge in [-0.1, -0.05) is 12.1 Å². The van der Waals surface area contributed by atoms with Gasteiger partial charge in [-0.2, -0.15) is 0 Å². The van der Waals surface area contributed by atoms with Crippen LogP contribution in [0.5, 0.6) is 0 Å². The number of carboxylic acid groups (broad SMARTS) is 1. The van der Waals surface area contributed by atoms with E-state index in [0.29, 0.717) is 0 Å². The van der Waals surface area contributed by atoms with Crippen LogP contribution in [0.3, 0.4) is 0 Å². The first-order valence-corrected chi connectivity index (χ1v) is 5.45. The molecule has 94 valence electrons. The Morgan fingerprint density at radius 3 is 3.06 bits per heavy atom. The molecule has 0 saturated heterocycles. The Labute approximate surface area is 103 Å². The van der Waals surface area contributed by atoms with Gasteiger partial charge in [-0.25, -0.2) is 4.68 Å². The van der Waals surface area contributed by atoms with Gasteiger partial charge in [0.25, 0.3) is 0 Å². The van der Waals surface area contributed by atoms with Gasteiger partial charge in [0.2, 0.25) is 0 Å². The number of rotatable bonds is 5. The first-order valence-electron chi connectivity index (χ1n) is 5.45. The van der Waals surface area contributed by atoms with Crippen molar-refractivity contribution >= 4 is 5.97 Å². The molecule has 18 heavy (non-hydrogen) atoms. The summed E-state index contributed by atoms with van der Waals surface area (Å²) in [7, 11) is 0. The van der Waals surface area contributed by atoms with Crippen LogP contribution in [0.2, 0.25) is 0 Å². The summed E-state index contributed by atoms with van der Waals surface area (Å²) in [6, 6.07) is 7.54. The highest BCUT2D eigenvalue weighted by Gasteiger charge is 2.08. The third-order valence-corrected chi connectivity index (χ3v) is 2.54. The summed E-state index contributed by atoms with van der Waals surface area (Å²) < 4.78 is 1.55. The second-order valence-electron chi connectivity index (χ2n) is 3.85. The quantitative estimate of drug-likeness (QED) is 0.794. The number of aliphatic carboxylic acids is 1. The third kappa shape index (κ3) is 2.89. The van der Waals surface area contributed by atoms with Gasteiger partial charge in [-0.15, -0.1) is 5.10 Å². The molecule has 0 spiro atoms. The van der Waals surface area contributed by atoms with Crippen molar-refractivity contribution in [2.24, 2.45) is 0 Å². The van der Waals surface area contributed by atoms with Crippen LogP contribution < -0.4 is 5.32 Å². The Hall–Kier alpha value is -2.28. The number of hydrogen-bond donors (Lipinski definition) is 2. The number of benzene rings is 1. The second-order valence-corrected chi connectivity index (χ2v) is 3.85. The summed E-state index contributed by atoms with van der Waals surface area (Å²) in [5, 5.41) is 22.5. The van der Waals surface area contributed by atoms with E-state index in [1.165, 1.54) is 6.33 Å². The Balaban J connectivity index is 2.14. The number of nitrogens with zero attached hydrogens (tertiary/aromatic N) is 4. The zero-order chi connectivity index (χ0) is 13.0. The largest absolute Gasteiger partial charge is 0.480 e. The number of carboxylic acids is 1. The minimum absolute atomic E-state index is 0.0578. The molecule has 1 heterocycles. The lowest BCUT2D eigenvalue weighted by Gasteiger charge is -2.13. The van der Waals surface area contributed by atoms with Crippen molar-refractivity contribution in [1.82, 2.24) is 25.5 Å². The van der Waals surface area contributed by atoms with Gasteiger partial charge in [-0.05, 0) is 35.0 Å². The van der Waals surface area contributed by atoms with Gasteiger partial charge in [-0.3, -0.25) is 4.79 Å². The van der Waals surface area contributed by atoms with E-state index < -0.39 is 5.97 Å². The van der Waals surface area contributed by atoms with Crippen LogP contribution in [0.25, 0.3) is 5.69 Å². The van der Waals surface area contributed by atoms with Crippen molar-refractivity contribution in [3.63, 3.8) is 0 Å². The fraction of sp³-hybridized carbons (Fsp3) is 0.273. The Kier molecular flexibility index (Phi) is 3.63. The summed E-state index contributed by atoms with van der Waals surface area (Å²) in [6.45, 7) is 1.83. The van der Waals surface area contributed by atoms with Crippen molar-refractivity contribution in [2.45, 2.75) is 13.0 Å². The zero-order valence-corrected chi connectivity index (χ0v) is 9.82. The minimum Gasteiger partial charge on any atom is -0.480 e. The van der Waals surface area contributed by atoms with Crippen LogP contribution in [-0.2, 0) is 4.79 Å². The van der Waals surface area contributed by atoms with Gasteiger partial charge >= 0.3 is 5.97 Å². The molecule has 2 aromatic rings. The standard InChI is InChI=1S/C11H13N5O2/c1-8(12-6-11(17)18)9-3-2-4-10(5-9)16-7-13-14-15-16/h2-5,7-8,12H,6H2,1H3,(H,17,18). The molecular weight excluding hydrogens is 234 g/mol. The molecule has 2 rings (SSSR count). The van der Waals surface area contributed by atoms with Gasteiger partial charge in [0, 0.05) is 6.04 Å². The predicted octanol–water partition coefficient (Wildman–Crippen LogP) is 0.397. The van der Waals surface area contributed by atoms with Gasteiger partial charge < -0.3 is 10.4 Å². The zero-order valence-electron chi connectivity index (χ0n) is 9.82. The van der Waals surface area contributed by atoms with E-state index in [-0.39, 0.29) is 12.6 Å². The molecule has 1 aromatic heterocycles. The van der Waals surface area contributed by atoms with E-state index in [2.05, 4.69) is 20.8 Å². The molecule has 0 aliphatic heterocycles. The molecule has 0 radical (unpaired) electrons. The molecule has 0 saturated carbocycles. The molecule has 0 fully saturated rings. The molecule has 0 aliphatic carbocycles. The molecule has 0 aliphatic rings. The van der Waals surface area contributed by atoms with Crippen LogP contribution in [0.15, 0.2) is 30.6 Å². The fourth-order valence-corrected chi connectivity index (χ4v) is 1.57. The summed E-state index contributed by atoms with van der Waals surface area (Å²) in [4.78, 5) is 10.5. The Morgan fingerprint density at radius 1 is 1.56 bits per heavy atom. The Bertz CT molecular complexity index is 526. The fourth-order valence-electron chi connectivity index (χ4n) is 1.57. The highest BCUT2D eigenvalue weighted by molar-refractivity contribution is 5.69. The summed E-state index contributed by atoms with van der Waals surface area (Å²) in [5.74, 6) is -0.876. The third-order valence-electron chi connectivity index (χ3n) is 2.54. The second kappa shape index (κ2) is 5.37. The summed E-state index contributed by atoms with van der Waals surface area (Å²) in [5.41, 5.74) is 1.81. The normalized spacial score (nSPS) is 12.3. The SMILES string of the molecule is CC(NCC(=O)O)c1cccc(-n2cnnn2)c1. The van der Waals surface area contributed by atoms with Crippen LogP contribution in [-0.4, -0.2) is 37.8 Å². The van der Waals surface area contributed by atoms with Crippen molar-refractivity contribution in [2.75, 3.05) is 6.54 Å². The minimum atomic E-state index is -0.876. The lowest BCUT2D eigenvalue weighted by molar-refractivity contribution is -0.136. The number of aromatic nitrogens is 4. The highest BCUT2D eigenvalue weighted by atomic mass is 16.4. The smallest absolute Gasteiger partial charge is 0.317 e. The highest BCUT2D eigenvalue weighted by Crippen LogP contribution is 2.15. The first-order chi connectivity index (χ1) is 8.66. The molecule has 1 unspecified atom stereocenters. The number of tetrazole rings is 1. The van der Waals surface area contributed by atoms with Gasteiger partial charge in [0.15, 0.2) is 0 Å². The van der Waals surface area contributed by atoms with Crippen LogP contribution in [0.4, 0.5) is 0 Å². The average Bonchev–Trinajstić information content (AvgIpc) is 2.90. The summed E-state index contributed by atoms with van der Waals surface area (Å²) >= 11 is 0. The van der Waals surface area contributed by atoms with Crippen LogP contribution in [0, 0.1) is 0 Å². The first kappa shape index (κ1) is 12.2. The number of carbonyl (C=O) groups is 1. The molecule has 2 N–H and O–H groups in total. The van der Waals surface area contributed by atoms with Crippen LogP contribution in [0.1, 0.15) is 18.5 Å². The Morgan fingerprint density at radius 2 is 2.39 bits per heavy atom. The maximum atomic E-state index is 10.5. The van der Waals surface area contributed by atoms with Crippen molar-refractivity contribution < 1.29 is 9.90 Å². The molecule has 7 nitrogen and oxygen atoms in total. The summed E-state index contributed by atoms with van der Waals surface area (Å²) in [6.07, 6.45) is 1.51. The molecular formula is C11H13N5O2. The van der Waals surface area contributed by atoms with Gasteiger partial charge in [0.05, 0.1) is 12.2 Å². The number of hydrogen-bond acceptors (Lipinski definition) is 5. The molecule has 1 aromatic carbocycles. The van der Waals surface area contributed by atoms with Crippen LogP contribution >= 0.6 is 0 Å². The van der Waals surface area contributed by atoms with E-state index >= 15 is 0 Å². The van der Waals surface area contributed by atoms with Gasteiger partial charge in [0.1, 0.15) is 6.33 Å². The topological polar surface area (TPSA) is 92.9 Å². The van der Waals surface area contributed by atoms with E-state index in [1.807, 2.05) is 31.2 Å². The molecule has 0 amide bonds. The van der Waals surface area contributed by atoms with E-state index in [1.54, 1.807) is 4.68 Å². The van der Waals surface area contributed by atoms with Crippen molar-refractivity contribution in [1.29, 1.82) is 0 Å². The van der Waals surface area contributed by atoms with E-state index in [4.69, 9.17) is 5.11 Å². The van der Waals surface area contributed by atoms with E-state index in [9.17, 15) is 4.79 Å². The lowest BCUT2D eigenvalue weighted by atomic mass is 10.1. The van der Waals surface area contributed by atoms with E-state index in [0.717, 1.165) is 11.3 Å². The maximum absolute atomic E-state index is 10.5. The molecule has 1 atom stereocenters. The lowest BCUT2D eigenvalue weighted by Crippen LogP contribution is -2.25. The average molecular weight is 247 g/mol. The van der Waals surface area contributed by atoms with Crippen molar-refractivity contribution in [3.8, 4) is 5.69 Å². The number of nitrogens with one attached hydrogen (secondary N) is 1. The molecule has 7 heteroatoms.